The second kappa shape index (κ2) is 12.0. The van der Waals surface area contributed by atoms with Crippen LogP contribution in [0.25, 0.3) is 0 Å². The van der Waals surface area contributed by atoms with Crippen LogP contribution >= 0.6 is 11.6 Å². The summed E-state index contributed by atoms with van der Waals surface area (Å²) in [6.07, 6.45) is 3.52. The third kappa shape index (κ3) is 7.22. The summed E-state index contributed by atoms with van der Waals surface area (Å²) in [4.78, 5) is 28.5. The summed E-state index contributed by atoms with van der Waals surface area (Å²) in [6.45, 7) is 3.70. The van der Waals surface area contributed by atoms with Gasteiger partial charge < -0.3 is 20.1 Å². The maximum Gasteiger partial charge on any atom is 0.222 e. The maximum atomic E-state index is 12.8. The highest BCUT2D eigenvalue weighted by Gasteiger charge is 2.19. The van der Waals surface area contributed by atoms with Crippen LogP contribution in [0.3, 0.4) is 0 Å². The highest BCUT2D eigenvalue weighted by atomic mass is 35.5. The molecule has 0 aliphatic heterocycles. The van der Waals surface area contributed by atoms with Crippen molar-refractivity contribution in [3.05, 3.63) is 88.7 Å². The van der Waals surface area contributed by atoms with Crippen molar-refractivity contribution >= 4 is 23.4 Å². The molecule has 2 aromatic carbocycles. The Balaban J connectivity index is 1.64. The van der Waals surface area contributed by atoms with Gasteiger partial charge in [-0.15, -0.1) is 0 Å². The lowest BCUT2D eigenvalue weighted by Crippen LogP contribution is -2.33. The molecule has 0 spiro atoms. The summed E-state index contributed by atoms with van der Waals surface area (Å²) in [7, 11) is 1.58. The summed E-state index contributed by atoms with van der Waals surface area (Å²) < 4.78 is 11.4. The second-order valence-corrected chi connectivity index (χ2v) is 8.29. The van der Waals surface area contributed by atoms with Crippen molar-refractivity contribution in [2.24, 2.45) is 0 Å². The first-order valence-electron chi connectivity index (χ1n) is 10.9. The highest BCUT2D eigenvalue weighted by molar-refractivity contribution is 6.30. The number of carbonyl (C=O) groups is 2. The number of pyridine rings is 1. The molecule has 3 rings (SSSR count). The Labute approximate surface area is 204 Å². The van der Waals surface area contributed by atoms with Crippen LogP contribution in [0.2, 0.25) is 5.02 Å². The van der Waals surface area contributed by atoms with Crippen molar-refractivity contribution in [1.29, 1.82) is 0 Å². The molecule has 1 aromatic heterocycles. The lowest BCUT2D eigenvalue weighted by Gasteiger charge is -2.21. The number of nitrogens with zero attached hydrogens (tertiary/aromatic N) is 1. The number of hydrogen-bond donors (Lipinski definition) is 2. The normalized spacial score (nSPS) is 12.4. The predicted molar refractivity (Wildman–Crippen MR) is 131 cm³/mol. The van der Waals surface area contributed by atoms with Crippen LogP contribution in [-0.2, 0) is 16.2 Å². The molecule has 1 heterocycles. The van der Waals surface area contributed by atoms with Gasteiger partial charge in [-0.1, -0.05) is 29.8 Å². The van der Waals surface area contributed by atoms with Gasteiger partial charge in [0, 0.05) is 24.3 Å². The SMILES string of the molecule is COc1cc(C(C)NC(=O)CC(NC(C)=O)c2ccc(Cl)cc2)ccc1OCc1ccncc1. The standard InChI is InChI=1S/C26H28ClN3O4/c1-17(29-26(32)15-23(30-18(2)31)20-4-7-22(27)8-5-20)21-6-9-24(25(14-21)33-3)34-16-19-10-12-28-13-11-19/h4-14,17,23H,15-16H2,1-3H3,(H,29,32)(H,30,31). The molecule has 0 aliphatic rings. The monoisotopic (exact) mass is 481 g/mol. The van der Waals surface area contributed by atoms with Crippen LogP contribution in [0.15, 0.2) is 67.0 Å². The van der Waals surface area contributed by atoms with Crippen LogP contribution in [-0.4, -0.2) is 23.9 Å². The average Bonchev–Trinajstić information content (AvgIpc) is 2.83. The molecule has 0 aliphatic carbocycles. The van der Waals surface area contributed by atoms with Gasteiger partial charge in [-0.25, -0.2) is 0 Å². The molecule has 7 nitrogen and oxygen atoms in total. The van der Waals surface area contributed by atoms with E-state index in [1.807, 2.05) is 37.3 Å². The zero-order valence-corrected chi connectivity index (χ0v) is 20.1. The van der Waals surface area contributed by atoms with Gasteiger partial charge in [0.05, 0.1) is 25.6 Å². The number of rotatable bonds is 10. The van der Waals surface area contributed by atoms with Crippen molar-refractivity contribution < 1.29 is 19.1 Å². The minimum absolute atomic E-state index is 0.0931. The first-order chi connectivity index (χ1) is 16.4. The molecule has 2 unspecified atom stereocenters. The van der Waals surface area contributed by atoms with Gasteiger partial charge in [-0.05, 0) is 60.0 Å². The fraction of sp³-hybridized carbons (Fsp3) is 0.269. The molecule has 0 saturated carbocycles. The first-order valence-corrected chi connectivity index (χ1v) is 11.2. The number of methoxy groups -OCH3 is 1. The lowest BCUT2D eigenvalue weighted by atomic mass is 10.0. The van der Waals surface area contributed by atoms with Crippen LogP contribution in [0.1, 0.15) is 49.0 Å². The summed E-state index contributed by atoms with van der Waals surface area (Å²) in [6, 6.07) is 15.7. The van der Waals surface area contributed by atoms with Crippen LogP contribution in [0.4, 0.5) is 0 Å². The van der Waals surface area contributed by atoms with E-state index < -0.39 is 6.04 Å². The molecule has 8 heteroatoms. The molecular weight excluding hydrogens is 454 g/mol. The van der Waals surface area contributed by atoms with E-state index in [4.69, 9.17) is 21.1 Å². The van der Waals surface area contributed by atoms with Crippen molar-refractivity contribution in [2.45, 2.75) is 39.0 Å². The van der Waals surface area contributed by atoms with E-state index in [0.717, 1.165) is 16.7 Å². The Bertz CT molecular complexity index is 1110. The average molecular weight is 482 g/mol. The molecule has 2 atom stereocenters. The van der Waals surface area contributed by atoms with E-state index in [-0.39, 0.29) is 24.3 Å². The van der Waals surface area contributed by atoms with Gasteiger partial charge in [-0.3, -0.25) is 14.6 Å². The number of ether oxygens (including phenoxy) is 2. The fourth-order valence-corrected chi connectivity index (χ4v) is 3.60. The van der Waals surface area contributed by atoms with E-state index in [1.54, 1.807) is 43.8 Å². The summed E-state index contributed by atoms with van der Waals surface area (Å²) in [5.74, 6) is 0.770. The highest BCUT2D eigenvalue weighted by Crippen LogP contribution is 2.31. The van der Waals surface area contributed by atoms with Crippen molar-refractivity contribution in [3.63, 3.8) is 0 Å². The molecule has 0 radical (unpaired) electrons. The van der Waals surface area contributed by atoms with Crippen molar-refractivity contribution in [1.82, 2.24) is 15.6 Å². The second-order valence-electron chi connectivity index (χ2n) is 7.85. The molecular formula is C26H28ClN3O4. The number of hydrogen-bond acceptors (Lipinski definition) is 5. The zero-order valence-electron chi connectivity index (χ0n) is 19.4. The van der Waals surface area contributed by atoms with Gasteiger partial charge in [0.2, 0.25) is 11.8 Å². The van der Waals surface area contributed by atoms with E-state index in [1.165, 1.54) is 6.92 Å². The van der Waals surface area contributed by atoms with Gasteiger partial charge in [0.15, 0.2) is 11.5 Å². The predicted octanol–water partition coefficient (Wildman–Crippen LogP) is 4.77. The van der Waals surface area contributed by atoms with Gasteiger partial charge in [-0.2, -0.15) is 0 Å². The number of benzene rings is 2. The van der Waals surface area contributed by atoms with Crippen molar-refractivity contribution in [3.8, 4) is 11.5 Å². The number of halogens is 1. The van der Waals surface area contributed by atoms with Gasteiger partial charge in [0.1, 0.15) is 6.61 Å². The molecule has 3 aromatic rings. The molecule has 0 saturated heterocycles. The van der Waals surface area contributed by atoms with E-state index in [2.05, 4.69) is 15.6 Å². The Morgan fingerprint density at radius 2 is 1.65 bits per heavy atom. The van der Waals surface area contributed by atoms with Crippen LogP contribution in [0.5, 0.6) is 11.5 Å². The Hall–Kier alpha value is -3.58. The minimum Gasteiger partial charge on any atom is -0.493 e. The topological polar surface area (TPSA) is 89.6 Å². The van der Waals surface area contributed by atoms with Crippen LogP contribution in [0, 0.1) is 0 Å². The van der Waals surface area contributed by atoms with Gasteiger partial charge in [0.25, 0.3) is 0 Å². The minimum atomic E-state index is -0.458. The van der Waals surface area contributed by atoms with Gasteiger partial charge >= 0.3 is 0 Å². The molecule has 0 fully saturated rings. The van der Waals surface area contributed by atoms with E-state index >= 15 is 0 Å². The van der Waals surface area contributed by atoms with E-state index in [9.17, 15) is 9.59 Å². The summed E-state index contributed by atoms with van der Waals surface area (Å²) >= 11 is 5.96. The number of carbonyl (C=O) groups excluding carboxylic acids is 2. The van der Waals surface area contributed by atoms with Crippen molar-refractivity contribution in [2.75, 3.05) is 7.11 Å². The summed E-state index contributed by atoms with van der Waals surface area (Å²) in [5, 5.41) is 6.41. The fourth-order valence-electron chi connectivity index (χ4n) is 3.47. The van der Waals surface area contributed by atoms with E-state index in [0.29, 0.717) is 23.1 Å². The molecule has 178 valence electrons. The Morgan fingerprint density at radius 1 is 0.971 bits per heavy atom. The third-order valence-electron chi connectivity index (χ3n) is 5.25. The zero-order chi connectivity index (χ0) is 24.5. The number of aromatic nitrogens is 1. The Morgan fingerprint density at radius 3 is 2.29 bits per heavy atom. The number of nitrogens with one attached hydrogen (secondary N) is 2. The largest absolute Gasteiger partial charge is 0.493 e. The first kappa shape index (κ1) is 25.1. The molecule has 2 amide bonds. The Kier molecular flexibility index (Phi) is 8.87. The molecule has 34 heavy (non-hydrogen) atoms. The van der Waals surface area contributed by atoms with Crippen LogP contribution < -0.4 is 20.1 Å². The molecule has 0 bridgehead atoms. The summed E-state index contributed by atoms with van der Waals surface area (Å²) in [5.41, 5.74) is 2.67. The lowest BCUT2D eigenvalue weighted by molar-refractivity contribution is -0.123. The third-order valence-corrected chi connectivity index (χ3v) is 5.50. The maximum absolute atomic E-state index is 12.8. The number of amides is 2. The smallest absolute Gasteiger partial charge is 0.222 e. The molecule has 2 N–H and O–H groups in total. The quantitative estimate of drug-likeness (QED) is 0.435.